The minimum Gasteiger partial charge on any atom is -0.467 e. The molecule has 0 spiro atoms. The second-order valence-corrected chi connectivity index (χ2v) is 4.86. The summed E-state index contributed by atoms with van der Waals surface area (Å²) in [6.07, 6.45) is 0. The van der Waals surface area contributed by atoms with Crippen LogP contribution in [0.1, 0.15) is 13.8 Å². The van der Waals surface area contributed by atoms with Crippen LogP contribution in [-0.4, -0.2) is 36.0 Å². The topological polar surface area (TPSA) is 55.4 Å². The molecule has 0 saturated carbocycles. The molecule has 1 aliphatic heterocycles. The minimum absolute atomic E-state index is 0.0443. The van der Waals surface area contributed by atoms with Crippen LogP contribution in [0.15, 0.2) is 0 Å². The molecule has 0 unspecified atom stereocenters. The summed E-state index contributed by atoms with van der Waals surface area (Å²) in [5, 5.41) is 2.76. The molecule has 0 aromatic heterocycles. The molecule has 1 aliphatic rings. The zero-order valence-electron chi connectivity index (χ0n) is 8.57. The summed E-state index contributed by atoms with van der Waals surface area (Å²) < 4.78 is 4.63. The number of hydrogen-bond acceptors (Lipinski definition) is 4. The summed E-state index contributed by atoms with van der Waals surface area (Å²) >= 11 is 1.62. The van der Waals surface area contributed by atoms with E-state index in [0.717, 1.165) is 5.75 Å². The second kappa shape index (κ2) is 4.68. The van der Waals surface area contributed by atoms with E-state index in [1.807, 2.05) is 13.8 Å². The molecule has 1 N–H and O–H groups in total. The largest absolute Gasteiger partial charge is 0.467 e. The first kappa shape index (κ1) is 11.4. The lowest BCUT2D eigenvalue weighted by Crippen LogP contribution is -2.46. The number of ether oxygens (including phenoxy) is 1. The number of rotatable bonds is 1. The van der Waals surface area contributed by atoms with E-state index in [1.54, 1.807) is 11.8 Å². The van der Waals surface area contributed by atoms with Gasteiger partial charge in [0.2, 0.25) is 5.91 Å². The standard InChI is InChI=1S/C9H15NO3S/c1-5-4-14-6(2)7(9(12)13-3)10-8(5)11/h5-7H,4H2,1-3H3,(H,10,11)/t5-,6-,7-/m0/s1. The molecule has 1 fully saturated rings. The Morgan fingerprint density at radius 3 is 2.79 bits per heavy atom. The van der Waals surface area contributed by atoms with Crippen molar-refractivity contribution in [1.29, 1.82) is 0 Å². The van der Waals surface area contributed by atoms with E-state index >= 15 is 0 Å². The van der Waals surface area contributed by atoms with E-state index in [1.165, 1.54) is 7.11 Å². The minimum atomic E-state index is -0.512. The Bertz CT molecular complexity index is 242. The predicted octanol–water partition coefficient (Wildman–Crippen LogP) is 0.416. The first-order valence-electron chi connectivity index (χ1n) is 4.56. The van der Waals surface area contributed by atoms with Gasteiger partial charge in [-0.1, -0.05) is 13.8 Å². The number of carbonyl (C=O) groups excluding carboxylic acids is 2. The van der Waals surface area contributed by atoms with E-state index in [2.05, 4.69) is 10.1 Å². The molecule has 1 amide bonds. The number of nitrogens with one attached hydrogen (secondary N) is 1. The van der Waals surface area contributed by atoms with Crippen LogP contribution < -0.4 is 5.32 Å². The quantitative estimate of drug-likeness (QED) is 0.647. The van der Waals surface area contributed by atoms with Crippen LogP contribution in [0.4, 0.5) is 0 Å². The van der Waals surface area contributed by atoms with Crippen molar-refractivity contribution in [3.05, 3.63) is 0 Å². The van der Waals surface area contributed by atoms with E-state index in [9.17, 15) is 9.59 Å². The fourth-order valence-electron chi connectivity index (χ4n) is 1.26. The van der Waals surface area contributed by atoms with Gasteiger partial charge in [0.25, 0.3) is 0 Å². The summed E-state index contributed by atoms with van der Waals surface area (Å²) in [7, 11) is 1.33. The van der Waals surface area contributed by atoms with Gasteiger partial charge in [-0.25, -0.2) is 4.79 Å². The van der Waals surface area contributed by atoms with E-state index in [4.69, 9.17) is 0 Å². The molecule has 5 heteroatoms. The van der Waals surface area contributed by atoms with Crippen LogP contribution in [0.2, 0.25) is 0 Å². The van der Waals surface area contributed by atoms with Crippen molar-refractivity contribution in [3.63, 3.8) is 0 Å². The summed E-state index contributed by atoms with van der Waals surface area (Å²) in [5.41, 5.74) is 0. The van der Waals surface area contributed by atoms with Crippen LogP contribution in [0.5, 0.6) is 0 Å². The second-order valence-electron chi connectivity index (χ2n) is 3.45. The van der Waals surface area contributed by atoms with Crippen molar-refractivity contribution in [2.24, 2.45) is 5.92 Å². The van der Waals surface area contributed by atoms with Gasteiger partial charge in [0.05, 0.1) is 7.11 Å². The van der Waals surface area contributed by atoms with Gasteiger partial charge >= 0.3 is 5.97 Å². The van der Waals surface area contributed by atoms with E-state index in [0.29, 0.717) is 0 Å². The fourth-order valence-corrected chi connectivity index (χ4v) is 2.37. The molecule has 14 heavy (non-hydrogen) atoms. The van der Waals surface area contributed by atoms with Crippen molar-refractivity contribution in [1.82, 2.24) is 5.32 Å². The van der Waals surface area contributed by atoms with Gasteiger partial charge in [-0.05, 0) is 0 Å². The van der Waals surface area contributed by atoms with Gasteiger partial charge in [0.1, 0.15) is 6.04 Å². The number of thioether (sulfide) groups is 1. The molecule has 4 nitrogen and oxygen atoms in total. The van der Waals surface area contributed by atoms with Crippen LogP contribution in [0.25, 0.3) is 0 Å². The van der Waals surface area contributed by atoms with Crippen LogP contribution in [-0.2, 0) is 14.3 Å². The molecule has 0 bridgehead atoms. The Kier molecular flexibility index (Phi) is 3.80. The van der Waals surface area contributed by atoms with Crippen LogP contribution >= 0.6 is 11.8 Å². The Morgan fingerprint density at radius 2 is 2.21 bits per heavy atom. The van der Waals surface area contributed by atoms with E-state index in [-0.39, 0.29) is 23.0 Å². The third kappa shape index (κ3) is 2.41. The van der Waals surface area contributed by atoms with Crippen molar-refractivity contribution in [3.8, 4) is 0 Å². The summed E-state index contributed by atoms with van der Waals surface area (Å²) in [4.78, 5) is 22.8. The molecule has 1 heterocycles. The lowest BCUT2D eigenvalue weighted by atomic mass is 10.1. The third-order valence-electron chi connectivity index (χ3n) is 2.28. The highest BCUT2D eigenvalue weighted by Gasteiger charge is 2.33. The van der Waals surface area contributed by atoms with Crippen molar-refractivity contribution in [2.45, 2.75) is 25.1 Å². The van der Waals surface area contributed by atoms with Gasteiger partial charge in [0.15, 0.2) is 0 Å². The number of esters is 1. The highest BCUT2D eigenvalue weighted by atomic mass is 32.2. The Balaban J connectivity index is 2.73. The van der Waals surface area contributed by atoms with E-state index < -0.39 is 6.04 Å². The zero-order valence-corrected chi connectivity index (χ0v) is 9.39. The molecule has 1 saturated heterocycles. The molecule has 0 aromatic carbocycles. The maximum atomic E-state index is 11.5. The number of methoxy groups -OCH3 is 1. The van der Waals surface area contributed by atoms with Crippen molar-refractivity contribution < 1.29 is 14.3 Å². The number of amides is 1. The summed E-state index contributed by atoms with van der Waals surface area (Å²) in [6, 6.07) is -0.512. The van der Waals surface area contributed by atoms with Crippen molar-refractivity contribution in [2.75, 3.05) is 12.9 Å². The fraction of sp³-hybridized carbons (Fsp3) is 0.778. The maximum absolute atomic E-state index is 11.5. The highest BCUT2D eigenvalue weighted by Crippen LogP contribution is 2.22. The average Bonchev–Trinajstić information content (AvgIpc) is 2.30. The molecule has 3 atom stereocenters. The number of hydrogen-bond donors (Lipinski definition) is 1. The van der Waals surface area contributed by atoms with Crippen LogP contribution in [0.3, 0.4) is 0 Å². The Morgan fingerprint density at radius 1 is 1.57 bits per heavy atom. The Hall–Kier alpha value is -0.710. The van der Waals surface area contributed by atoms with Crippen molar-refractivity contribution >= 4 is 23.6 Å². The van der Waals surface area contributed by atoms with Gasteiger partial charge < -0.3 is 10.1 Å². The molecule has 0 aromatic rings. The molecule has 0 radical (unpaired) electrons. The normalized spacial score (nSPS) is 33.1. The predicted molar refractivity (Wildman–Crippen MR) is 55.0 cm³/mol. The van der Waals surface area contributed by atoms with Gasteiger partial charge in [0, 0.05) is 16.9 Å². The molecular formula is C9H15NO3S. The SMILES string of the molecule is COC(=O)[C@H]1NC(=O)[C@@H](C)CS[C@H]1C. The van der Waals surface area contributed by atoms with Gasteiger partial charge in [-0.3, -0.25) is 4.79 Å². The summed E-state index contributed by atoms with van der Waals surface area (Å²) in [5.74, 6) is 0.266. The van der Waals surface area contributed by atoms with Gasteiger partial charge in [-0.2, -0.15) is 11.8 Å². The molecular weight excluding hydrogens is 202 g/mol. The molecule has 1 rings (SSSR count). The smallest absolute Gasteiger partial charge is 0.329 e. The third-order valence-corrected chi connectivity index (χ3v) is 3.77. The number of carbonyl (C=O) groups is 2. The first-order valence-corrected chi connectivity index (χ1v) is 5.61. The van der Waals surface area contributed by atoms with Crippen LogP contribution in [0, 0.1) is 5.92 Å². The molecule has 80 valence electrons. The molecule has 0 aliphatic carbocycles. The monoisotopic (exact) mass is 217 g/mol. The van der Waals surface area contributed by atoms with Gasteiger partial charge in [-0.15, -0.1) is 0 Å². The average molecular weight is 217 g/mol. The highest BCUT2D eigenvalue weighted by molar-refractivity contribution is 8.00. The first-order chi connectivity index (χ1) is 6.56. The summed E-state index contributed by atoms with van der Waals surface area (Å²) in [6.45, 7) is 3.78. The Labute approximate surface area is 87.8 Å². The maximum Gasteiger partial charge on any atom is 0.329 e. The zero-order chi connectivity index (χ0) is 10.7. The lowest BCUT2D eigenvalue weighted by Gasteiger charge is -2.18. The lowest BCUT2D eigenvalue weighted by molar-refractivity contribution is -0.145.